The number of methoxy groups -OCH3 is 2. The summed E-state index contributed by atoms with van der Waals surface area (Å²) in [5, 5.41) is 0. The highest BCUT2D eigenvalue weighted by atomic mass is 16.5. The molecule has 0 spiro atoms. The van der Waals surface area contributed by atoms with E-state index >= 15 is 0 Å². The molecular weight excluding hydrogens is 240 g/mol. The van der Waals surface area contributed by atoms with Gasteiger partial charge in [-0.15, -0.1) is 0 Å². The number of rotatable bonds is 5. The van der Waals surface area contributed by atoms with Crippen LogP contribution in [0.3, 0.4) is 0 Å². The molecule has 0 amide bonds. The van der Waals surface area contributed by atoms with E-state index < -0.39 is 0 Å². The largest absolute Gasteiger partial charge is 0.497 e. The van der Waals surface area contributed by atoms with Crippen molar-refractivity contribution in [2.75, 3.05) is 14.2 Å². The summed E-state index contributed by atoms with van der Waals surface area (Å²) in [4.78, 5) is 11.4. The molecule has 1 aliphatic rings. The van der Waals surface area contributed by atoms with Crippen LogP contribution in [0.25, 0.3) is 0 Å². The summed E-state index contributed by atoms with van der Waals surface area (Å²) in [6.45, 7) is 0. The standard InChI is InChI=1S/C16H22O3/c1-18-15-8-6-12(7-9-15)10-13-4-3-5-14(13)11-16(17)19-2/h6-9,13-14H,3-5,10-11H2,1-2H3. The van der Waals surface area contributed by atoms with Crippen molar-refractivity contribution in [2.24, 2.45) is 11.8 Å². The van der Waals surface area contributed by atoms with Gasteiger partial charge in [0.1, 0.15) is 5.75 Å². The molecule has 3 nitrogen and oxygen atoms in total. The molecule has 0 saturated heterocycles. The molecule has 0 radical (unpaired) electrons. The van der Waals surface area contributed by atoms with E-state index in [9.17, 15) is 4.79 Å². The minimum absolute atomic E-state index is 0.0772. The molecule has 0 heterocycles. The number of esters is 1. The average Bonchev–Trinajstić information content (AvgIpc) is 2.86. The first kappa shape index (κ1) is 13.9. The van der Waals surface area contributed by atoms with E-state index in [0.717, 1.165) is 18.6 Å². The Balaban J connectivity index is 1.94. The molecule has 2 rings (SSSR count). The Morgan fingerprint density at radius 2 is 1.84 bits per heavy atom. The summed E-state index contributed by atoms with van der Waals surface area (Å²) in [5.41, 5.74) is 1.32. The average molecular weight is 262 g/mol. The van der Waals surface area contributed by atoms with Crippen LogP contribution in [-0.2, 0) is 16.0 Å². The van der Waals surface area contributed by atoms with Gasteiger partial charge in [-0.1, -0.05) is 18.6 Å². The Morgan fingerprint density at radius 1 is 1.16 bits per heavy atom. The van der Waals surface area contributed by atoms with Crippen LogP contribution in [0.4, 0.5) is 0 Å². The van der Waals surface area contributed by atoms with E-state index in [0.29, 0.717) is 18.3 Å². The van der Waals surface area contributed by atoms with E-state index in [1.54, 1.807) is 7.11 Å². The molecule has 2 unspecified atom stereocenters. The molecule has 19 heavy (non-hydrogen) atoms. The minimum Gasteiger partial charge on any atom is -0.497 e. The molecule has 1 fully saturated rings. The van der Waals surface area contributed by atoms with Gasteiger partial charge in [-0.2, -0.15) is 0 Å². The van der Waals surface area contributed by atoms with Crippen molar-refractivity contribution < 1.29 is 14.3 Å². The summed E-state index contributed by atoms with van der Waals surface area (Å²) in [5.74, 6) is 1.90. The Labute approximate surface area is 114 Å². The predicted molar refractivity (Wildman–Crippen MR) is 74.2 cm³/mol. The first-order valence-electron chi connectivity index (χ1n) is 6.92. The normalized spacial score (nSPS) is 22.2. The minimum atomic E-state index is -0.0772. The lowest BCUT2D eigenvalue weighted by molar-refractivity contribution is -0.142. The molecule has 0 aromatic heterocycles. The van der Waals surface area contributed by atoms with Crippen LogP contribution >= 0.6 is 0 Å². The third kappa shape index (κ3) is 3.72. The molecule has 1 aromatic rings. The predicted octanol–water partition coefficient (Wildman–Crippen LogP) is 3.22. The smallest absolute Gasteiger partial charge is 0.305 e. The van der Waals surface area contributed by atoms with Crippen LogP contribution in [0.15, 0.2) is 24.3 Å². The number of hydrogen-bond donors (Lipinski definition) is 0. The van der Waals surface area contributed by atoms with Crippen LogP contribution in [0, 0.1) is 11.8 Å². The van der Waals surface area contributed by atoms with E-state index in [1.165, 1.54) is 25.5 Å². The van der Waals surface area contributed by atoms with Gasteiger partial charge < -0.3 is 9.47 Å². The van der Waals surface area contributed by atoms with Crippen LogP contribution in [0.5, 0.6) is 5.75 Å². The van der Waals surface area contributed by atoms with Crippen molar-refractivity contribution >= 4 is 5.97 Å². The molecule has 1 aromatic carbocycles. The first-order valence-corrected chi connectivity index (χ1v) is 6.92. The second-order valence-electron chi connectivity index (χ2n) is 5.28. The van der Waals surface area contributed by atoms with Crippen LogP contribution in [-0.4, -0.2) is 20.2 Å². The van der Waals surface area contributed by atoms with Crippen molar-refractivity contribution in [3.8, 4) is 5.75 Å². The van der Waals surface area contributed by atoms with Gasteiger partial charge in [-0.3, -0.25) is 4.79 Å². The summed E-state index contributed by atoms with van der Waals surface area (Å²) >= 11 is 0. The molecule has 0 bridgehead atoms. The number of hydrogen-bond acceptors (Lipinski definition) is 3. The molecule has 1 saturated carbocycles. The van der Waals surface area contributed by atoms with Crippen molar-refractivity contribution in [1.29, 1.82) is 0 Å². The zero-order valence-corrected chi connectivity index (χ0v) is 11.7. The van der Waals surface area contributed by atoms with E-state index in [2.05, 4.69) is 12.1 Å². The highest BCUT2D eigenvalue weighted by Gasteiger charge is 2.29. The SMILES string of the molecule is COC(=O)CC1CCCC1Cc1ccc(OC)cc1. The maximum Gasteiger partial charge on any atom is 0.305 e. The Hall–Kier alpha value is -1.51. The summed E-state index contributed by atoms with van der Waals surface area (Å²) in [7, 11) is 3.15. The third-order valence-corrected chi connectivity index (χ3v) is 4.13. The molecule has 3 heteroatoms. The first-order chi connectivity index (χ1) is 9.22. The lowest BCUT2D eigenvalue weighted by Crippen LogP contribution is -2.16. The van der Waals surface area contributed by atoms with Gasteiger partial charge in [0.2, 0.25) is 0 Å². The third-order valence-electron chi connectivity index (χ3n) is 4.13. The number of benzene rings is 1. The highest BCUT2D eigenvalue weighted by molar-refractivity contribution is 5.69. The van der Waals surface area contributed by atoms with Crippen LogP contribution in [0.2, 0.25) is 0 Å². The second kappa shape index (κ2) is 6.60. The van der Waals surface area contributed by atoms with Gasteiger partial charge in [-0.25, -0.2) is 0 Å². The molecular formula is C16H22O3. The fraction of sp³-hybridized carbons (Fsp3) is 0.562. The van der Waals surface area contributed by atoms with Crippen LogP contribution in [0.1, 0.15) is 31.2 Å². The zero-order chi connectivity index (χ0) is 13.7. The van der Waals surface area contributed by atoms with Crippen molar-refractivity contribution in [3.05, 3.63) is 29.8 Å². The van der Waals surface area contributed by atoms with Gasteiger partial charge in [0.05, 0.1) is 14.2 Å². The summed E-state index contributed by atoms with van der Waals surface area (Å²) in [6, 6.07) is 8.23. The summed E-state index contributed by atoms with van der Waals surface area (Å²) < 4.78 is 9.95. The van der Waals surface area contributed by atoms with E-state index in [4.69, 9.17) is 9.47 Å². The number of carbonyl (C=O) groups excluding carboxylic acids is 1. The van der Waals surface area contributed by atoms with Gasteiger partial charge in [0, 0.05) is 6.42 Å². The van der Waals surface area contributed by atoms with Crippen molar-refractivity contribution in [3.63, 3.8) is 0 Å². The number of ether oxygens (including phenoxy) is 2. The fourth-order valence-corrected chi connectivity index (χ4v) is 3.01. The molecule has 0 N–H and O–H groups in total. The lowest BCUT2D eigenvalue weighted by atomic mass is 9.87. The van der Waals surface area contributed by atoms with E-state index in [-0.39, 0.29) is 5.97 Å². The fourth-order valence-electron chi connectivity index (χ4n) is 3.01. The molecule has 104 valence electrons. The highest BCUT2D eigenvalue weighted by Crippen LogP contribution is 2.36. The van der Waals surface area contributed by atoms with Crippen molar-refractivity contribution in [1.82, 2.24) is 0 Å². The Bertz CT molecular complexity index is 411. The van der Waals surface area contributed by atoms with Crippen molar-refractivity contribution in [2.45, 2.75) is 32.1 Å². The second-order valence-corrected chi connectivity index (χ2v) is 5.28. The van der Waals surface area contributed by atoms with Gasteiger partial charge >= 0.3 is 5.97 Å². The number of carbonyl (C=O) groups is 1. The van der Waals surface area contributed by atoms with Gasteiger partial charge in [0.15, 0.2) is 0 Å². The molecule has 0 aliphatic heterocycles. The molecule has 2 atom stereocenters. The topological polar surface area (TPSA) is 35.5 Å². The van der Waals surface area contributed by atoms with Crippen LogP contribution < -0.4 is 4.74 Å². The van der Waals surface area contributed by atoms with E-state index in [1.807, 2.05) is 12.1 Å². The summed E-state index contributed by atoms with van der Waals surface area (Å²) in [6.07, 6.45) is 5.20. The monoisotopic (exact) mass is 262 g/mol. The quantitative estimate of drug-likeness (QED) is 0.764. The van der Waals surface area contributed by atoms with Gasteiger partial charge in [0.25, 0.3) is 0 Å². The lowest BCUT2D eigenvalue weighted by Gasteiger charge is -2.18. The maximum atomic E-state index is 11.4. The molecule has 1 aliphatic carbocycles. The maximum absolute atomic E-state index is 11.4. The van der Waals surface area contributed by atoms with Gasteiger partial charge in [-0.05, 0) is 48.8 Å². The Morgan fingerprint density at radius 3 is 2.47 bits per heavy atom. The Kier molecular flexibility index (Phi) is 4.83. The zero-order valence-electron chi connectivity index (χ0n) is 11.7.